The van der Waals surface area contributed by atoms with Crippen molar-refractivity contribution in [1.82, 2.24) is 4.90 Å². The maximum absolute atomic E-state index is 13.4. The van der Waals surface area contributed by atoms with Crippen LogP contribution in [0.15, 0.2) is 18.2 Å². The Labute approximate surface area is 99.0 Å². The number of halogens is 2. The zero-order valence-electron chi connectivity index (χ0n) is 9.04. The van der Waals surface area contributed by atoms with E-state index in [4.69, 9.17) is 17.3 Å². The van der Waals surface area contributed by atoms with Crippen LogP contribution in [0.2, 0.25) is 5.02 Å². The highest BCUT2D eigenvalue weighted by Gasteiger charge is 2.10. The molecular weight excluding hydrogens is 231 g/mol. The third-order valence-electron chi connectivity index (χ3n) is 2.36. The fourth-order valence-corrected chi connectivity index (χ4v) is 1.59. The van der Waals surface area contributed by atoms with Crippen molar-refractivity contribution >= 4 is 17.5 Å². The molecule has 5 heteroatoms. The minimum Gasteiger partial charge on any atom is -0.344 e. The number of benzene rings is 1. The molecule has 16 heavy (non-hydrogen) atoms. The molecule has 0 aliphatic carbocycles. The van der Waals surface area contributed by atoms with E-state index in [-0.39, 0.29) is 18.3 Å². The lowest BCUT2D eigenvalue weighted by Gasteiger charge is -2.16. The first-order chi connectivity index (χ1) is 7.56. The van der Waals surface area contributed by atoms with Gasteiger partial charge in [0.1, 0.15) is 5.82 Å². The summed E-state index contributed by atoms with van der Waals surface area (Å²) in [6, 6.07) is 4.53. The number of likely N-dealkylation sites (N-methyl/N-ethyl adjacent to an activating group) is 1. The van der Waals surface area contributed by atoms with Gasteiger partial charge in [-0.2, -0.15) is 0 Å². The molecule has 0 fully saturated rings. The summed E-state index contributed by atoms with van der Waals surface area (Å²) in [4.78, 5) is 12.6. The third-order valence-corrected chi connectivity index (χ3v) is 2.71. The summed E-state index contributed by atoms with van der Waals surface area (Å²) in [6.07, 6.45) is 0.383. The highest BCUT2D eigenvalue weighted by molar-refractivity contribution is 6.31. The predicted octanol–water partition coefficient (Wildman–Crippen LogP) is 1.44. The normalized spacial score (nSPS) is 10.2. The second-order valence-electron chi connectivity index (χ2n) is 3.47. The fraction of sp³-hybridized carbons (Fsp3) is 0.364. The lowest BCUT2D eigenvalue weighted by Crippen LogP contribution is -2.34. The van der Waals surface area contributed by atoms with E-state index < -0.39 is 0 Å². The Balaban J connectivity index is 2.64. The number of hydrogen-bond donors (Lipinski definition) is 1. The molecule has 0 aliphatic heterocycles. The van der Waals surface area contributed by atoms with Gasteiger partial charge in [0.25, 0.3) is 0 Å². The monoisotopic (exact) mass is 244 g/mol. The van der Waals surface area contributed by atoms with E-state index in [1.54, 1.807) is 19.2 Å². The zero-order valence-corrected chi connectivity index (χ0v) is 9.80. The number of nitrogens with two attached hydrogens (primary N) is 1. The van der Waals surface area contributed by atoms with Crippen molar-refractivity contribution in [2.45, 2.75) is 6.42 Å². The van der Waals surface area contributed by atoms with Gasteiger partial charge in [0.05, 0.1) is 6.54 Å². The largest absolute Gasteiger partial charge is 0.344 e. The molecule has 88 valence electrons. The van der Waals surface area contributed by atoms with Crippen LogP contribution in [0.25, 0.3) is 0 Å². The molecule has 0 heterocycles. The van der Waals surface area contributed by atoms with Crippen LogP contribution in [0.1, 0.15) is 5.56 Å². The van der Waals surface area contributed by atoms with Gasteiger partial charge in [-0.15, -0.1) is 0 Å². The third kappa shape index (κ3) is 3.18. The molecule has 1 amide bonds. The highest BCUT2D eigenvalue weighted by atomic mass is 35.5. The lowest BCUT2D eigenvalue weighted by atomic mass is 10.1. The standard InChI is InChI=1S/C11H14ClFN2O/c1-15(11(16)7-14)6-5-8-9(12)3-2-4-10(8)13/h2-4H,5-7,14H2,1H3. The van der Waals surface area contributed by atoms with Crippen LogP contribution in [0.3, 0.4) is 0 Å². The van der Waals surface area contributed by atoms with Gasteiger partial charge in [0.2, 0.25) is 5.91 Å². The number of rotatable bonds is 4. The zero-order chi connectivity index (χ0) is 12.1. The van der Waals surface area contributed by atoms with Gasteiger partial charge in [-0.05, 0) is 18.6 Å². The fourth-order valence-electron chi connectivity index (χ4n) is 1.33. The Hall–Kier alpha value is -1.13. The molecule has 1 rings (SSSR count). The van der Waals surface area contributed by atoms with Crippen molar-refractivity contribution in [2.24, 2.45) is 5.73 Å². The minimum atomic E-state index is -0.346. The molecule has 0 unspecified atom stereocenters. The molecule has 0 spiro atoms. The van der Waals surface area contributed by atoms with Crippen molar-refractivity contribution in [2.75, 3.05) is 20.1 Å². The quantitative estimate of drug-likeness (QED) is 0.871. The van der Waals surface area contributed by atoms with Gasteiger partial charge in [0, 0.05) is 24.2 Å². The van der Waals surface area contributed by atoms with Gasteiger partial charge < -0.3 is 10.6 Å². The van der Waals surface area contributed by atoms with E-state index in [9.17, 15) is 9.18 Å². The van der Waals surface area contributed by atoms with E-state index in [1.807, 2.05) is 0 Å². The molecule has 0 saturated carbocycles. The topological polar surface area (TPSA) is 46.3 Å². The smallest absolute Gasteiger partial charge is 0.236 e. The molecule has 3 nitrogen and oxygen atoms in total. The summed E-state index contributed by atoms with van der Waals surface area (Å²) >= 11 is 5.86. The predicted molar refractivity (Wildman–Crippen MR) is 61.8 cm³/mol. The number of hydrogen-bond acceptors (Lipinski definition) is 2. The van der Waals surface area contributed by atoms with Crippen LogP contribution in [-0.2, 0) is 11.2 Å². The summed E-state index contributed by atoms with van der Waals surface area (Å²) in [5.41, 5.74) is 5.64. The van der Waals surface area contributed by atoms with Gasteiger partial charge >= 0.3 is 0 Å². The van der Waals surface area contributed by atoms with Crippen LogP contribution in [0.5, 0.6) is 0 Å². The van der Waals surface area contributed by atoms with Crippen LogP contribution in [0.4, 0.5) is 4.39 Å². The number of carbonyl (C=O) groups excluding carboxylic acids is 1. The molecular formula is C11H14ClFN2O. The minimum absolute atomic E-state index is 0.0402. The molecule has 0 radical (unpaired) electrons. The number of carbonyl (C=O) groups is 1. The SMILES string of the molecule is CN(CCc1c(F)cccc1Cl)C(=O)CN. The highest BCUT2D eigenvalue weighted by Crippen LogP contribution is 2.19. The van der Waals surface area contributed by atoms with Gasteiger partial charge in [-0.25, -0.2) is 4.39 Å². The Bertz CT molecular complexity index is 364. The Morgan fingerprint density at radius 2 is 2.25 bits per heavy atom. The molecule has 0 aromatic heterocycles. The Morgan fingerprint density at radius 1 is 1.56 bits per heavy atom. The summed E-state index contributed by atoms with van der Waals surface area (Å²) in [5.74, 6) is -0.520. The van der Waals surface area contributed by atoms with Crippen molar-refractivity contribution in [3.63, 3.8) is 0 Å². The van der Waals surface area contributed by atoms with Crippen molar-refractivity contribution < 1.29 is 9.18 Å². The van der Waals surface area contributed by atoms with Gasteiger partial charge in [-0.3, -0.25) is 4.79 Å². The lowest BCUT2D eigenvalue weighted by molar-refractivity contribution is -0.128. The van der Waals surface area contributed by atoms with E-state index >= 15 is 0 Å². The molecule has 0 bridgehead atoms. The van der Waals surface area contributed by atoms with Gasteiger partial charge in [-0.1, -0.05) is 17.7 Å². The first-order valence-electron chi connectivity index (χ1n) is 4.93. The average Bonchev–Trinajstić information content (AvgIpc) is 2.27. The van der Waals surface area contributed by atoms with Crippen LogP contribution in [-0.4, -0.2) is 30.9 Å². The molecule has 0 aliphatic rings. The van der Waals surface area contributed by atoms with Gasteiger partial charge in [0.15, 0.2) is 0 Å². The molecule has 1 aromatic rings. The second kappa shape index (κ2) is 5.82. The molecule has 0 saturated heterocycles. The summed E-state index contributed by atoms with van der Waals surface area (Å²) in [5, 5.41) is 0.383. The van der Waals surface area contributed by atoms with E-state index in [0.717, 1.165) is 0 Å². The number of amides is 1. The first-order valence-corrected chi connectivity index (χ1v) is 5.31. The number of nitrogens with zero attached hydrogens (tertiary/aromatic N) is 1. The molecule has 0 atom stereocenters. The van der Waals surface area contributed by atoms with Crippen molar-refractivity contribution in [3.05, 3.63) is 34.6 Å². The Morgan fingerprint density at radius 3 is 2.81 bits per heavy atom. The summed E-state index contributed by atoms with van der Waals surface area (Å²) in [7, 11) is 1.63. The maximum Gasteiger partial charge on any atom is 0.236 e. The summed E-state index contributed by atoms with van der Waals surface area (Å²) < 4.78 is 13.4. The van der Waals surface area contributed by atoms with Crippen molar-refractivity contribution in [1.29, 1.82) is 0 Å². The summed E-state index contributed by atoms with van der Waals surface area (Å²) in [6.45, 7) is 0.359. The van der Waals surface area contributed by atoms with E-state index in [1.165, 1.54) is 11.0 Å². The molecule has 2 N–H and O–H groups in total. The van der Waals surface area contributed by atoms with Crippen LogP contribution < -0.4 is 5.73 Å². The Kier molecular flexibility index (Phi) is 4.71. The van der Waals surface area contributed by atoms with E-state index in [0.29, 0.717) is 23.6 Å². The second-order valence-corrected chi connectivity index (χ2v) is 3.88. The average molecular weight is 245 g/mol. The van der Waals surface area contributed by atoms with Crippen molar-refractivity contribution in [3.8, 4) is 0 Å². The van der Waals surface area contributed by atoms with Crippen LogP contribution in [0, 0.1) is 5.82 Å². The molecule has 1 aromatic carbocycles. The maximum atomic E-state index is 13.4. The van der Waals surface area contributed by atoms with Crippen LogP contribution >= 0.6 is 11.6 Å². The van der Waals surface area contributed by atoms with E-state index in [2.05, 4.69) is 0 Å². The first kappa shape index (κ1) is 12.9.